The van der Waals surface area contributed by atoms with Crippen molar-refractivity contribution < 1.29 is 13.6 Å². The molecule has 0 aromatic heterocycles. The second kappa shape index (κ2) is 7.10. The lowest BCUT2D eigenvalue weighted by molar-refractivity contribution is 0.0728. The molecular formula is C19H19ClF2N2O. The van der Waals surface area contributed by atoms with E-state index in [1.54, 1.807) is 4.90 Å². The highest BCUT2D eigenvalue weighted by Gasteiger charge is 2.33. The van der Waals surface area contributed by atoms with Gasteiger partial charge < -0.3 is 10.2 Å². The first-order valence-corrected chi connectivity index (χ1v) is 8.19. The predicted molar refractivity (Wildman–Crippen MR) is 93.5 cm³/mol. The van der Waals surface area contributed by atoms with Gasteiger partial charge in [0.05, 0.1) is 0 Å². The molecule has 1 aliphatic heterocycles. The van der Waals surface area contributed by atoms with Crippen LogP contribution in [0.15, 0.2) is 36.4 Å². The Morgan fingerprint density at radius 2 is 1.84 bits per heavy atom. The highest BCUT2D eigenvalue weighted by atomic mass is 35.5. The fourth-order valence-electron chi connectivity index (χ4n) is 3.18. The van der Waals surface area contributed by atoms with Gasteiger partial charge in [0, 0.05) is 42.9 Å². The van der Waals surface area contributed by atoms with Crippen molar-refractivity contribution in [1.82, 2.24) is 10.2 Å². The molecular weight excluding hydrogens is 346 g/mol. The van der Waals surface area contributed by atoms with Crippen molar-refractivity contribution in [2.24, 2.45) is 0 Å². The molecule has 0 saturated heterocycles. The van der Waals surface area contributed by atoms with Crippen LogP contribution in [0.25, 0.3) is 0 Å². The average molecular weight is 365 g/mol. The topological polar surface area (TPSA) is 32.3 Å². The minimum Gasteiger partial charge on any atom is -0.331 e. The SMILES string of the molecule is Cl.O=C(c1ccc2c(c1)CNC2)N(Cc1ccc(F)cc1F)C1CC1. The van der Waals surface area contributed by atoms with Gasteiger partial charge in [0.25, 0.3) is 5.91 Å². The van der Waals surface area contributed by atoms with Crippen molar-refractivity contribution in [3.63, 3.8) is 0 Å². The monoisotopic (exact) mass is 364 g/mol. The molecule has 1 aliphatic carbocycles. The van der Waals surface area contributed by atoms with Crippen LogP contribution in [0.3, 0.4) is 0 Å². The van der Waals surface area contributed by atoms with Gasteiger partial charge in [-0.1, -0.05) is 12.1 Å². The second-order valence-corrected chi connectivity index (χ2v) is 6.49. The molecule has 1 heterocycles. The van der Waals surface area contributed by atoms with E-state index in [-0.39, 0.29) is 30.9 Å². The molecule has 2 aromatic carbocycles. The Labute approximate surface area is 151 Å². The minimum atomic E-state index is -0.605. The molecule has 0 unspecified atom stereocenters. The van der Waals surface area contributed by atoms with E-state index in [9.17, 15) is 13.6 Å². The Morgan fingerprint density at radius 1 is 1.08 bits per heavy atom. The Kier molecular flexibility index (Phi) is 5.06. The van der Waals surface area contributed by atoms with Crippen LogP contribution in [0.4, 0.5) is 8.78 Å². The molecule has 1 N–H and O–H groups in total. The first kappa shape index (κ1) is 17.8. The normalized spacial score (nSPS) is 15.4. The number of halogens is 3. The van der Waals surface area contributed by atoms with Crippen molar-refractivity contribution in [3.8, 4) is 0 Å². The Bertz CT molecular complexity index is 808. The summed E-state index contributed by atoms with van der Waals surface area (Å²) in [7, 11) is 0. The van der Waals surface area contributed by atoms with Crippen molar-refractivity contribution in [3.05, 3.63) is 70.3 Å². The minimum absolute atomic E-state index is 0. The van der Waals surface area contributed by atoms with Gasteiger partial charge in [-0.2, -0.15) is 0 Å². The lowest BCUT2D eigenvalue weighted by Gasteiger charge is -2.23. The summed E-state index contributed by atoms with van der Waals surface area (Å²) in [5.41, 5.74) is 3.34. The van der Waals surface area contributed by atoms with E-state index in [0.29, 0.717) is 11.1 Å². The van der Waals surface area contributed by atoms with Gasteiger partial charge in [0.1, 0.15) is 11.6 Å². The maximum Gasteiger partial charge on any atom is 0.254 e. The van der Waals surface area contributed by atoms with E-state index in [4.69, 9.17) is 0 Å². The van der Waals surface area contributed by atoms with Gasteiger partial charge >= 0.3 is 0 Å². The molecule has 0 radical (unpaired) electrons. The lowest BCUT2D eigenvalue weighted by atomic mass is 10.0. The quantitative estimate of drug-likeness (QED) is 0.895. The Balaban J connectivity index is 0.00000182. The zero-order valence-corrected chi connectivity index (χ0v) is 14.4. The van der Waals surface area contributed by atoms with Gasteiger partial charge in [0.15, 0.2) is 0 Å². The summed E-state index contributed by atoms with van der Waals surface area (Å²) in [6.45, 7) is 1.77. The van der Waals surface area contributed by atoms with Crippen LogP contribution in [-0.4, -0.2) is 16.8 Å². The van der Waals surface area contributed by atoms with E-state index in [0.717, 1.165) is 37.6 Å². The molecule has 0 bridgehead atoms. The fraction of sp³-hybridized carbons (Fsp3) is 0.316. The standard InChI is InChI=1S/C19H18F2N2O.ClH/c20-16-4-3-14(18(21)8-16)11-23(17-5-6-17)19(24)12-1-2-13-9-22-10-15(13)7-12;/h1-4,7-8,17,22H,5-6,9-11H2;1H. The maximum absolute atomic E-state index is 14.0. The summed E-state index contributed by atoms with van der Waals surface area (Å²) in [6.07, 6.45) is 1.86. The summed E-state index contributed by atoms with van der Waals surface area (Å²) in [5.74, 6) is -1.30. The maximum atomic E-state index is 14.0. The molecule has 4 rings (SSSR count). The Morgan fingerprint density at radius 3 is 2.56 bits per heavy atom. The number of hydrogen-bond acceptors (Lipinski definition) is 2. The lowest BCUT2D eigenvalue weighted by Crippen LogP contribution is -2.33. The number of rotatable bonds is 4. The summed E-state index contributed by atoms with van der Waals surface area (Å²) in [4.78, 5) is 14.6. The first-order valence-electron chi connectivity index (χ1n) is 8.19. The molecule has 1 fully saturated rings. The molecule has 0 atom stereocenters. The smallest absolute Gasteiger partial charge is 0.254 e. The van der Waals surface area contributed by atoms with E-state index in [2.05, 4.69) is 5.32 Å². The van der Waals surface area contributed by atoms with Crippen LogP contribution in [-0.2, 0) is 19.6 Å². The second-order valence-electron chi connectivity index (χ2n) is 6.49. The van der Waals surface area contributed by atoms with Crippen LogP contribution >= 0.6 is 12.4 Å². The molecule has 0 spiro atoms. The van der Waals surface area contributed by atoms with Gasteiger partial charge in [-0.05, 0) is 42.2 Å². The Hall–Kier alpha value is -1.98. The number of carbonyl (C=O) groups excluding carboxylic acids is 1. The summed E-state index contributed by atoms with van der Waals surface area (Å²) >= 11 is 0. The molecule has 25 heavy (non-hydrogen) atoms. The number of nitrogens with zero attached hydrogens (tertiary/aromatic N) is 1. The van der Waals surface area contributed by atoms with Crippen LogP contribution in [0.2, 0.25) is 0 Å². The summed E-state index contributed by atoms with van der Waals surface area (Å²) < 4.78 is 27.0. The third kappa shape index (κ3) is 3.67. The van der Waals surface area contributed by atoms with Gasteiger partial charge in [0.2, 0.25) is 0 Å². The van der Waals surface area contributed by atoms with Crippen LogP contribution in [0.5, 0.6) is 0 Å². The summed E-state index contributed by atoms with van der Waals surface area (Å²) in [5, 5.41) is 3.26. The van der Waals surface area contributed by atoms with Gasteiger partial charge in [-0.25, -0.2) is 8.78 Å². The van der Waals surface area contributed by atoms with Crippen LogP contribution in [0, 0.1) is 11.6 Å². The largest absolute Gasteiger partial charge is 0.331 e. The molecule has 1 saturated carbocycles. The molecule has 1 amide bonds. The number of benzene rings is 2. The number of hydrogen-bond donors (Lipinski definition) is 1. The predicted octanol–water partition coefficient (Wildman–Crippen LogP) is 3.79. The van der Waals surface area contributed by atoms with Gasteiger partial charge in [-0.3, -0.25) is 4.79 Å². The fourth-order valence-corrected chi connectivity index (χ4v) is 3.18. The van der Waals surface area contributed by atoms with Crippen LogP contribution in [0.1, 0.15) is 39.9 Å². The molecule has 132 valence electrons. The van der Waals surface area contributed by atoms with E-state index in [1.807, 2.05) is 18.2 Å². The number of nitrogens with one attached hydrogen (secondary N) is 1. The van der Waals surface area contributed by atoms with E-state index < -0.39 is 11.6 Å². The summed E-state index contributed by atoms with van der Waals surface area (Å²) in [6, 6.07) is 9.40. The van der Waals surface area contributed by atoms with E-state index >= 15 is 0 Å². The number of amides is 1. The highest BCUT2D eigenvalue weighted by Crippen LogP contribution is 2.31. The molecule has 2 aromatic rings. The third-order valence-electron chi connectivity index (χ3n) is 4.69. The van der Waals surface area contributed by atoms with Gasteiger partial charge in [-0.15, -0.1) is 12.4 Å². The zero-order chi connectivity index (χ0) is 16.7. The zero-order valence-electron chi connectivity index (χ0n) is 13.6. The van der Waals surface area contributed by atoms with E-state index in [1.165, 1.54) is 17.7 Å². The molecule has 6 heteroatoms. The number of fused-ring (bicyclic) bond motifs is 1. The van der Waals surface area contributed by atoms with Crippen molar-refractivity contribution >= 4 is 18.3 Å². The van der Waals surface area contributed by atoms with Crippen molar-refractivity contribution in [2.75, 3.05) is 0 Å². The molecule has 3 nitrogen and oxygen atoms in total. The van der Waals surface area contributed by atoms with Crippen LogP contribution < -0.4 is 5.32 Å². The van der Waals surface area contributed by atoms with Crippen molar-refractivity contribution in [1.29, 1.82) is 0 Å². The third-order valence-corrected chi connectivity index (χ3v) is 4.69. The number of carbonyl (C=O) groups is 1. The molecule has 2 aliphatic rings. The van der Waals surface area contributed by atoms with Crippen molar-refractivity contribution in [2.45, 2.75) is 38.5 Å². The first-order chi connectivity index (χ1) is 11.6. The highest BCUT2D eigenvalue weighted by molar-refractivity contribution is 5.95. The average Bonchev–Trinajstić information content (AvgIpc) is 3.30.